The highest BCUT2D eigenvalue weighted by atomic mass is 28.4. The van der Waals surface area contributed by atoms with E-state index in [0.29, 0.717) is 19.8 Å². The van der Waals surface area contributed by atoms with Crippen LogP contribution >= 0.6 is 0 Å². The first-order valence-corrected chi connectivity index (χ1v) is 9.10. The summed E-state index contributed by atoms with van der Waals surface area (Å²) < 4.78 is 28.0. The fourth-order valence-corrected chi connectivity index (χ4v) is 4.75. The molecule has 0 bridgehead atoms. The lowest BCUT2D eigenvalue weighted by molar-refractivity contribution is 0.00240. The van der Waals surface area contributed by atoms with Gasteiger partial charge in [-0.3, -0.25) is 0 Å². The van der Waals surface area contributed by atoms with Gasteiger partial charge in [0, 0.05) is 25.9 Å². The van der Waals surface area contributed by atoms with E-state index in [0.717, 1.165) is 6.42 Å². The van der Waals surface area contributed by atoms with Crippen LogP contribution in [0.5, 0.6) is 0 Å². The second-order valence-electron chi connectivity index (χ2n) is 3.45. The molecule has 0 rings (SSSR count). The molecule has 0 heterocycles. The van der Waals surface area contributed by atoms with Crippen LogP contribution in [-0.2, 0) is 20.5 Å². The minimum Gasteiger partial charge on any atom is -0.479 e. The summed E-state index contributed by atoms with van der Waals surface area (Å²) in [4.78, 5) is 0. The van der Waals surface area contributed by atoms with E-state index in [-0.39, 0.29) is 6.10 Å². The molecule has 0 aromatic carbocycles. The summed E-state index contributed by atoms with van der Waals surface area (Å²) >= 11 is -1.13. The maximum absolute atomic E-state index is 5.71. The van der Waals surface area contributed by atoms with Gasteiger partial charge in [0.2, 0.25) is 0 Å². The van der Waals surface area contributed by atoms with E-state index in [4.69, 9.17) is 20.5 Å². The van der Waals surface area contributed by atoms with Crippen LogP contribution in [0.4, 0.5) is 0 Å². The van der Waals surface area contributed by atoms with Crippen LogP contribution in [0.15, 0.2) is 0 Å². The maximum Gasteiger partial charge on any atom is 0.651 e. The van der Waals surface area contributed by atoms with E-state index in [1.54, 1.807) is 0 Å². The normalized spacial score (nSPS) is 13.7. The van der Waals surface area contributed by atoms with E-state index in [2.05, 4.69) is 6.92 Å². The molecule has 0 amide bonds. The topological polar surface area (TPSA) is 46.2 Å². The standard InChI is InChI=1S/C6H15O4Si.C4H9O.Al.H/c1-4-8-11(7,9-5-2)10-6-3;1-3-4(2)5;;/h4-6H2,1-3H3;4H,3H2,1-2H3;;/q2*-1;+2;. The Morgan fingerprint density at radius 2 is 1.41 bits per heavy atom. The Balaban J connectivity index is 4.23. The molecular formula is C10H25AlO5Si. The highest BCUT2D eigenvalue weighted by molar-refractivity contribution is 6.59. The molecule has 0 aliphatic rings. The Hall–Kier alpha value is 0.549. The summed E-state index contributed by atoms with van der Waals surface area (Å²) in [6, 6.07) is 0. The van der Waals surface area contributed by atoms with Crippen molar-refractivity contribution in [3.8, 4) is 0 Å². The zero-order valence-corrected chi connectivity index (χ0v) is 14.1. The van der Waals surface area contributed by atoms with Crippen LogP contribution in [0, 0.1) is 0 Å². The van der Waals surface area contributed by atoms with Crippen molar-refractivity contribution in [2.75, 3.05) is 19.8 Å². The highest BCUT2D eigenvalue weighted by Gasteiger charge is 2.44. The van der Waals surface area contributed by atoms with Gasteiger partial charge < -0.3 is 20.5 Å². The van der Waals surface area contributed by atoms with Crippen LogP contribution in [0.25, 0.3) is 0 Å². The van der Waals surface area contributed by atoms with Gasteiger partial charge in [-0.05, 0) is 34.1 Å². The smallest absolute Gasteiger partial charge is 0.479 e. The lowest BCUT2D eigenvalue weighted by Gasteiger charge is -2.28. The second-order valence-corrected chi connectivity index (χ2v) is 7.04. The minimum absolute atomic E-state index is 0.221. The molecule has 1 atom stereocenters. The maximum atomic E-state index is 5.71. The zero-order valence-electron chi connectivity index (χ0n) is 11.7. The molecule has 17 heavy (non-hydrogen) atoms. The van der Waals surface area contributed by atoms with E-state index in [1.807, 2.05) is 27.7 Å². The van der Waals surface area contributed by atoms with Gasteiger partial charge in [-0.1, -0.05) is 6.92 Å². The predicted molar refractivity (Wildman–Crippen MR) is 69.7 cm³/mol. The largest absolute Gasteiger partial charge is 0.651 e. The van der Waals surface area contributed by atoms with E-state index >= 15 is 0 Å². The van der Waals surface area contributed by atoms with Gasteiger partial charge in [-0.15, -0.1) is 0 Å². The van der Waals surface area contributed by atoms with Gasteiger partial charge in [-0.2, -0.15) is 0 Å². The minimum atomic E-state index is -2.94. The molecule has 0 saturated carbocycles. The van der Waals surface area contributed by atoms with E-state index in [9.17, 15) is 0 Å². The van der Waals surface area contributed by atoms with Crippen LogP contribution in [0.3, 0.4) is 0 Å². The number of hydrogen-bond donors (Lipinski definition) is 0. The summed E-state index contributed by atoms with van der Waals surface area (Å²) in [6.45, 7) is 11.4. The van der Waals surface area contributed by atoms with Gasteiger partial charge in [-0.25, -0.2) is 0 Å². The molecule has 0 saturated heterocycles. The van der Waals surface area contributed by atoms with Crippen LogP contribution < -0.4 is 0 Å². The molecule has 0 aliphatic carbocycles. The first-order valence-electron chi connectivity index (χ1n) is 6.31. The SMILES string of the molecule is CCO[Si](OCC)(OCC)[O][AlH][O]C(C)CC. The second kappa shape index (κ2) is 10.5. The quantitative estimate of drug-likeness (QED) is 0.538. The van der Waals surface area contributed by atoms with Gasteiger partial charge >= 0.3 is 24.9 Å². The van der Waals surface area contributed by atoms with Gasteiger partial charge in [0.1, 0.15) is 0 Å². The summed E-state index contributed by atoms with van der Waals surface area (Å²) in [7, 11) is -2.94. The van der Waals surface area contributed by atoms with Crippen molar-refractivity contribution in [3.63, 3.8) is 0 Å². The Kier molecular flexibility index (Phi) is 10.8. The Bertz CT molecular complexity index is 167. The summed E-state index contributed by atoms with van der Waals surface area (Å²) in [5, 5.41) is 0. The van der Waals surface area contributed by atoms with Gasteiger partial charge in [0.05, 0.1) is 0 Å². The van der Waals surface area contributed by atoms with Crippen molar-refractivity contribution in [3.05, 3.63) is 0 Å². The molecule has 102 valence electrons. The molecule has 0 spiro atoms. The molecule has 0 fully saturated rings. The van der Waals surface area contributed by atoms with Gasteiger partial charge in [0.25, 0.3) is 0 Å². The van der Waals surface area contributed by atoms with Crippen molar-refractivity contribution in [1.82, 2.24) is 0 Å². The first kappa shape index (κ1) is 17.5. The molecule has 7 heteroatoms. The third-order valence-electron chi connectivity index (χ3n) is 2.13. The van der Waals surface area contributed by atoms with Crippen LogP contribution in [0.2, 0.25) is 0 Å². The third-order valence-corrected chi connectivity index (χ3v) is 6.64. The summed E-state index contributed by atoms with van der Waals surface area (Å²) in [5.74, 6) is 0. The molecule has 0 aromatic rings. The van der Waals surface area contributed by atoms with Crippen LogP contribution in [0.1, 0.15) is 41.0 Å². The van der Waals surface area contributed by atoms with Crippen molar-refractivity contribution < 1.29 is 20.5 Å². The van der Waals surface area contributed by atoms with Crippen molar-refractivity contribution in [2.45, 2.75) is 47.1 Å². The fourth-order valence-electron chi connectivity index (χ4n) is 1.12. The van der Waals surface area contributed by atoms with E-state index in [1.165, 1.54) is 0 Å². The lowest BCUT2D eigenvalue weighted by Crippen LogP contribution is -2.50. The molecule has 5 nitrogen and oxygen atoms in total. The van der Waals surface area contributed by atoms with E-state index < -0.39 is 24.9 Å². The van der Waals surface area contributed by atoms with Crippen LogP contribution in [-0.4, -0.2) is 50.9 Å². The average molecular weight is 280 g/mol. The van der Waals surface area contributed by atoms with Crippen molar-refractivity contribution in [1.29, 1.82) is 0 Å². The third kappa shape index (κ3) is 7.54. The molecule has 0 radical (unpaired) electrons. The molecule has 0 N–H and O–H groups in total. The fraction of sp³-hybridized carbons (Fsp3) is 1.00. The lowest BCUT2D eigenvalue weighted by atomic mass is 10.3. The first-order chi connectivity index (χ1) is 8.14. The Morgan fingerprint density at radius 3 is 1.76 bits per heavy atom. The number of rotatable bonds is 11. The predicted octanol–water partition coefficient (Wildman–Crippen LogP) is 1.63. The molecule has 1 unspecified atom stereocenters. The monoisotopic (exact) mass is 280 g/mol. The Morgan fingerprint density at radius 1 is 0.941 bits per heavy atom. The van der Waals surface area contributed by atoms with Gasteiger partial charge in [0.15, 0.2) is 0 Å². The van der Waals surface area contributed by atoms with Crippen molar-refractivity contribution in [2.24, 2.45) is 0 Å². The molecule has 0 aliphatic heterocycles. The average Bonchev–Trinajstić information content (AvgIpc) is 2.30. The summed E-state index contributed by atoms with van der Waals surface area (Å²) in [5.41, 5.74) is 0. The zero-order chi connectivity index (χ0) is 13.1. The molecule has 0 aromatic heterocycles. The highest BCUT2D eigenvalue weighted by Crippen LogP contribution is 2.11. The van der Waals surface area contributed by atoms with Crippen molar-refractivity contribution >= 4 is 24.9 Å². The number of hydrogen-bond acceptors (Lipinski definition) is 5. The Labute approximate surface area is 113 Å². The molecular weight excluding hydrogens is 255 g/mol. The summed E-state index contributed by atoms with van der Waals surface area (Å²) in [6.07, 6.45) is 1.20.